The Bertz CT molecular complexity index is 663. The molecule has 0 atom stereocenters. The van der Waals surface area contributed by atoms with Crippen LogP contribution < -0.4 is 9.22 Å². The van der Waals surface area contributed by atoms with E-state index in [0.717, 1.165) is 38.7 Å². The summed E-state index contributed by atoms with van der Waals surface area (Å²) in [6, 6.07) is 7.73. The van der Waals surface area contributed by atoms with Crippen LogP contribution in [0.4, 0.5) is 10.5 Å². The first-order valence-electron chi connectivity index (χ1n) is 7.93. The molecule has 0 spiro atoms. The third-order valence-electron chi connectivity index (χ3n) is 3.62. The first-order valence-corrected chi connectivity index (χ1v) is 9.26. The summed E-state index contributed by atoms with van der Waals surface area (Å²) in [4.78, 5) is 13.8. The van der Waals surface area contributed by atoms with Crippen LogP contribution >= 0.6 is 0 Å². The first-order chi connectivity index (χ1) is 11.5. The number of hydrogen-bond acceptors (Lipinski definition) is 6. The van der Waals surface area contributed by atoms with Crippen LogP contribution in [-0.4, -0.2) is 65.3 Å². The van der Waals surface area contributed by atoms with Gasteiger partial charge in [0.15, 0.2) is 0 Å². The van der Waals surface area contributed by atoms with E-state index in [1.807, 2.05) is 24.3 Å². The van der Waals surface area contributed by atoms with E-state index >= 15 is 0 Å². The molecule has 0 N–H and O–H groups in total. The van der Waals surface area contributed by atoms with E-state index in [-0.39, 0.29) is 6.09 Å². The number of benzene rings is 1. The van der Waals surface area contributed by atoms with Crippen molar-refractivity contribution in [2.24, 2.45) is 0 Å². The second kappa shape index (κ2) is 9.14. The van der Waals surface area contributed by atoms with Gasteiger partial charge in [0.25, 0.3) is 0 Å². The lowest BCUT2D eigenvalue weighted by atomic mass is 10.1. The summed E-state index contributed by atoms with van der Waals surface area (Å²) in [5.74, 6) is 0.626. The van der Waals surface area contributed by atoms with Crippen molar-refractivity contribution in [2.45, 2.75) is 19.3 Å². The Labute approximate surface area is 149 Å². The van der Waals surface area contributed by atoms with Gasteiger partial charge in [-0.05, 0) is 31.4 Å². The van der Waals surface area contributed by atoms with E-state index in [4.69, 9.17) is 4.74 Å². The average Bonchev–Trinajstić information content (AvgIpc) is 2.55. The number of hydrogen-bond donors (Lipinski definition) is 0. The lowest BCUT2D eigenvalue weighted by molar-refractivity contribution is 0.142. The van der Waals surface area contributed by atoms with Crippen LogP contribution in [0.1, 0.15) is 19.3 Å². The molecule has 8 nitrogen and oxygen atoms in total. The molecular formula is C16H26N2O6S. The van der Waals surface area contributed by atoms with E-state index < -0.39 is 10.4 Å². The fourth-order valence-electron chi connectivity index (χ4n) is 2.21. The Hall–Kier alpha value is -1.68. The molecule has 0 saturated carbocycles. The van der Waals surface area contributed by atoms with Gasteiger partial charge in [0.2, 0.25) is 10.4 Å². The van der Waals surface area contributed by atoms with E-state index in [2.05, 4.69) is 25.3 Å². The summed E-state index contributed by atoms with van der Waals surface area (Å²) in [7, 11) is 2.66. The van der Waals surface area contributed by atoms with Crippen LogP contribution in [0.15, 0.2) is 24.3 Å². The number of carbonyl (C=O) groups excluding carboxylic acids is 1. The van der Waals surface area contributed by atoms with Gasteiger partial charge in [-0.2, -0.15) is 0 Å². The number of carbonyl (C=O) groups is 1. The summed E-state index contributed by atoms with van der Waals surface area (Å²) in [5, 5.41) is 0. The van der Waals surface area contributed by atoms with Crippen molar-refractivity contribution in [1.29, 1.82) is 0 Å². The number of amides is 1. The van der Waals surface area contributed by atoms with Crippen molar-refractivity contribution in [1.82, 2.24) is 9.38 Å². The monoisotopic (exact) mass is 374 g/mol. The molecule has 1 aliphatic heterocycles. The average molecular weight is 374 g/mol. The Morgan fingerprint density at radius 3 is 2.20 bits per heavy atom. The van der Waals surface area contributed by atoms with Gasteiger partial charge in [0, 0.05) is 19.2 Å². The maximum absolute atomic E-state index is 12.0. The maximum Gasteiger partial charge on any atom is 0.415 e. The molecule has 2 rings (SSSR count). The highest BCUT2D eigenvalue weighted by atomic mass is 32.3. The van der Waals surface area contributed by atoms with E-state index in [0.29, 0.717) is 10.2 Å². The summed E-state index contributed by atoms with van der Waals surface area (Å²) in [6.07, 6.45) is 3.14. The highest BCUT2D eigenvalue weighted by Crippen LogP contribution is 2.23. The molecular weight excluding hydrogens is 348 g/mol. The van der Waals surface area contributed by atoms with E-state index in [1.165, 1.54) is 6.42 Å². The van der Waals surface area contributed by atoms with Gasteiger partial charge < -0.3 is 14.2 Å². The van der Waals surface area contributed by atoms with Crippen molar-refractivity contribution < 1.29 is 26.7 Å². The van der Waals surface area contributed by atoms with Gasteiger partial charge in [-0.25, -0.2) is 13.2 Å². The molecule has 9 heteroatoms. The minimum absolute atomic E-state index is 0.224. The maximum atomic E-state index is 12.0. The normalized spacial score (nSPS) is 15.2. The van der Waals surface area contributed by atoms with Crippen molar-refractivity contribution in [3.63, 3.8) is 0 Å². The number of likely N-dealkylation sites (tertiary alicyclic amines) is 1. The smallest absolute Gasteiger partial charge is 0.415 e. The molecule has 0 unspecified atom stereocenters. The Morgan fingerprint density at radius 2 is 1.72 bits per heavy atom. The van der Waals surface area contributed by atoms with Gasteiger partial charge in [-0.15, -0.1) is 0 Å². The van der Waals surface area contributed by atoms with Crippen molar-refractivity contribution in [2.75, 3.05) is 41.3 Å². The number of quaternary nitrogens is 1. The highest BCUT2D eigenvalue weighted by Gasteiger charge is 2.19. The summed E-state index contributed by atoms with van der Waals surface area (Å²) in [5.41, 5.74) is 1.11. The van der Waals surface area contributed by atoms with Crippen molar-refractivity contribution in [3.05, 3.63) is 24.3 Å². The fraction of sp³-hybridized carbons (Fsp3) is 0.562. The van der Waals surface area contributed by atoms with E-state index in [9.17, 15) is 17.8 Å². The van der Waals surface area contributed by atoms with Gasteiger partial charge in [0.1, 0.15) is 11.4 Å². The first kappa shape index (κ1) is 21.4. The molecule has 1 heterocycles. The van der Waals surface area contributed by atoms with Crippen LogP contribution in [0.25, 0.3) is 0 Å². The SMILES string of the molecule is COS(=O)(=O)[O-].C[N+](C)(C)c1cccc(OC(=O)N2CCCCC2)c1. The van der Waals surface area contributed by atoms with Gasteiger partial charge >= 0.3 is 6.09 Å². The van der Waals surface area contributed by atoms with Crippen LogP contribution in [0.3, 0.4) is 0 Å². The zero-order chi connectivity index (χ0) is 19.1. The Kier molecular flexibility index (Phi) is 7.81. The quantitative estimate of drug-likeness (QED) is 0.456. The standard InChI is InChI=1S/C15H23N2O2.CH4O4S/c1-17(2,3)13-8-7-9-14(12-13)19-15(18)16-10-5-4-6-11-16;1-5-6(2,3)4/h7-9,12H,4-6,10-11H2,1-3H3;1H3,(H,2,3,4)/q+1;/p-1. The van der Waals surface area contributed by atoms with Gasteiger partial charge in [0.05, 0.1) is 28.3 Å². The lowest BCUT2D eigenvalue weighted by Crippen LogP contribution is -2.37. The number of piperidine rings is 1. The topological polar surface area (TPSA) is 96.0 Å². The molecule has 1 saturated heterocycles. The molecule has 1 fully saturated rings. The largest absolute Gasteiger partial charge is 0.726 e. The van der Waals surface area contributed by atoms with Crippen LogP contribution in [0.5, 0.6) is 5.75 Å². The summed E-state index contributed by atoms with van der Waals surface area (Å²) in [6.45, 7) is 1.63. The second-order valence-corrected chi connectivity index (χ2v) is 7.65. The predicted octanol–water partition coefficient (Wildman–Crippen LogP) is 1.96. The van der Waals surface area contributed by atoms with Crippen LogP contribution in [0.2, 0.25) is 0 Å². The fourth-order valence-corrected chi connectivity index (χ4v) is 2.21. The number of rotatable bonds is 3. The van der Waals surface area contributed by atoms with Crippen molar-refractivity contribution >= 4 is 22.2 Å². The van der Waals surface area contributed by atoms with Gasteiger partial charge in [-0.1, -0.05) is 6.07 Å². The number of nitrogens with zero attached hydrogens (tertiary/aromatic N) is 2. The molecule has 0 aliphatic carbocycles. The molecule has 0 radical (unpaired) electrons. The Balaban J connectivity index is 0.000000450. The molecule has 25 heavy (non-hydrogen) atoms. The highest BCUT2D eigenvalue weighted by molar-refractivity contribution is 7.80. The zero-order valence-corrected chi connectivity index (χ0v) is 15.9. The lowest BCUT2D eigenvalue weighted by Gasteiger charge is -2.26. The molecule has 1 aromatic rings. The molecule has 0 bridgehead atoms. The van der Waals surface area contributed by atoms with Crippen molar-refractivity contribution in [3.8, 4) is 5.75 Å². The van der Waals surface area contributed by atoms with E-state index in [1.54, 1.807) is 4.90 Å². The summed E-state index contributed by atoms with van der Waals surface area (Å²) < 4.78 is 37.2. The van der Waals surface area contributed by atoms with Crippen LogP contribution in [-0.2, 0) is 14.6 Å². The minimum atomic E-state index is -4.41. The van der Waals surface area contributed by atoms with Crippen LogP contribution in [0, 0.1) is 0 Å². The third-order valence-corrected chi connectivity index (χ3v) is 4.02. The summed E-state index contributed by atoms with van der Waals surface area (Å²) >= 11 is 0. The zero-order valence-electron chi connectivity index (χ0n) is 15.1. The van der Waals surface area contributed by atoms with Gasteiger partial charge in [-0.3, -0.25) is 8.67 Å². The minimum Gasteiger partial charge on any atom is -0.726 e. The number of ether oxygens (including phenoxy) is 1. The molecule has 142 valence electrons. The molecule has 0 aromatic heterocycles. The molecule has 1 amide bonds. The second-order valence-electron chi connectivity index (χ2n) is 6.50. The Morgan fingerprint density at radius 1 is 1.16 bits per heavy atom. The predicted molar refractivity (Wildman–Crippen MR) is 94.2 cm³/mol. The third kappa shape index (κ3) is 8.30. The molecule has 1 aromatic carbocycles. The molecule has 1 aliphatic rings.